The zero-order valence-corrected chi connectivity index (χ0v) is 12.0. The molecule has 18 heavy (non-hydrogen) atoms. The van der Waals surface area contributed by atoms with Crippen molar-refractivity contribution in [3.8, 4) is 0 Å². The summed E-state index contributed by atoms with van der Waals surface area (Å²) in [4.78, 5) is 25.0. The van der Waals surface area contributed by atoms with Gasteiger partial charge in [-0.05, 0) is 25.0 Å². The molecule has 5 heteroatoms. The molecule has 0 atom stereocenters. The van der Waals surface area contributed by atoms with E-state index in [0.717, 1.165) is 38.1 Å². The van der Waals surface area contributed by atoms with Crippen LogP contribution in [0.3, 0.4) is 0 Å². The van der Waals surface area contributed by atoms with Crippen LogP contribution >= 0.6 is 11.8 Å². The second kappa shape index (κ2) is 9.25. The maximum atomic E-state index is 11.8. The van der Waals surface area contributed by atoms with Crippen LogP contribution in [0.2, 0.25) is 0 Å². The quantitative estimate of drug-likeness (QED) is 0.549. The summed E-state index contributed by atoms with van der Waals surface area (Å²) >= 11 is 1.55. The monoisotopic (exact) mass is 273 g/mol. The number of esters is 1. The summed E-state index contributed by atoms with van der Waals surface area (Å²) in [5.41, 5.74) is 0. The van der Waals surface area contributed by atoms with Crippen LogP contribution < -0.4 is 0 Å². The molecule has 1 aliphatic heterocycles. The van der Waals surface area contributed by atoms with Gasteiger partial charge in [-0.15, -0.1) is 0 Å². The van der Waals surface area contributed by atoms with Crippen LogP contribution in [0.1, 0.15) is 39.0 Å². The van der Waals surface area contributed by atoms with Crippen LogP contribution in [0.5, 0.6) is 0 Å². The van der Waals surface area contributed by atoms with Crippen molar-refractivity contribution in [3.05, 3.63) is 0 Å². The number of hydrogen-bond donors (Lipinski definition) is 0. The Bertz CT molecular complexity index is 263. The summed E-state index contributed by atoms with van der Waals surface area (Å²) in [6.45, 7) is 3.59. The van der Waals surface area contributed by atoms with E-state index in [1.165, 1.54) is 12.8 Å². The van der Waals surface area contributed by atoms with Crippen molar-refractivity contribution >= 4 is 23.6 Å². The minimum Gasteiger partial charge on any atom is -0.455 e. The lowest BCUT2D eigenvalue weighted by Gasteiger charge is -2.19. The Hall–Kier alpha value is -0.710. The van der Waals surface area contributed by atoms with Gasteiger partial charge in [0.1, 0.15) is 0 Å². The number of thioether (sulfide) groups is 1. The van der Waals surface area contributed by atoms with Gasteiger partial charge in [0.2, 0.25) is 0 Å². The molecule has 0 radical (unpaired) electrons. The van der Waals surface area contributed by atoms with E-state index in [4.69, 9.17) is 4.74 Å². The summed E-state index contributed by atoms with van der Waals surface area (Å²) in [6.07, 6.45) is 5.55. The first-order chi connectivity index (χ1) is 8.74. The molecular formula is C13H23NO3S. The van der Waals surface area contributed by atoms with Crippen LogP contribution in [0, 0.1) is 0 Å². The van der Waals surface area contributed by atoms with E-state index in [9.17, 15) is 9.59 Å². The minimum atomic E-state index is -0.281. The third kappa shape index (κ3) is 6.28. The molecule has 0 N–H and O–H groups in total. The molecule has 1 amide bonds. The summed E-state index contributed by atoms with van der Waals surface area (Å²) in [5.74, 6) is 0.971. The molecule has 1 aliphatic rings. The van der Waals surface area contributed by atoms with Crippen molar-refractivity contribution < 1.29 is 14.3 Å². The van der Waals surface area contributed by atoms with Crippen LogP contribution in [-0.4, -0.2) is 48.0 Å². The van der Waals surface area contributed by atoms with Crippen LogP contribution in [0.15, 0.2) is 0 Å². The second-order valence-electron chi connectivity index (χ2n) is 4.51. The predicted molar refractivity (Wildman–Crippen MR) is 73.6 cm³/mol. The molecule has 0 aromatic heterocycles. The van der Waals surface area contributed by atoms with Gasteiger partial charge in [-0.2, -0.15) is 11.8 Å². The van der Waals surface area contributed by atoms with Crippen molar-refractivity contribution in [2.75, 3.05) is 31.2 Å². The number of nitrogens with zero attached hydrogens (tertiary/aromatic N) is 1. The molecule has 0 aromatic rings. The molecule has 0 bridgehead atoms. The minimum absolute atomic E-state index is 0.0502. The average Bonchev–Trinajstić information content (AvgIpc) is 2.65. The Balaban J connectivity index is 2.16. The van der Waals surface area contributed by atoms with E-state index in [2.05, 4.69) is 6.92 Å². The van der Waals surface area contributed by atoms with Crippen LogP contribution in [0.25, 0.3) is 0 Å². The van der Waals surface area contributed by atoms with E-state index in [1.807, 2.05) is 4.90 Å². The molecular weight excluding hydrogens is 250 g/mol. The Labute approximate surface area is 113 Å². The van der Waals surface area contributed by atoms with Crippen molar-refractivity contribution in [1.29, 1.82) is 0 Å². The first-order valence-corrected chi connectivity index (χ1v) is 7.90. The number of likely N-dealkylation sites (tertiary alicyclic amines) is 1. The van der Waals surface area contributed by atoms with Gasteiger partial charge in [0.05, 0.1) is 5.75 Å². The molecule has 1 rings (SSSR count). The maximum absolute atomic E-state index is 11.8. The third-order valence-electron chi connectivity index (χ3n) is 2.88. The topological polar surface area (TPSA) is 46.6 Å². The van der Waals surface area contributed by atoms with Gasteiger partial charge >= 0.3 is 5.97 Å². The van der Waals surface area contributed by atoms with Gasteiger partial charge in [-0.25, -0.2) is 0 Å². The van der Waals surface area contributed by atoms with Crippen molar-refractivity contribution in [2.24, 2.45) is 0 Å². The van der Waals surface area contributed by atoms with Crippen molar-refractivity contribution in [2.45, 2.75) is 39.0 Å². The fourth-order valence-electron chi connectivity index (χ4n) is 1.90. The Morgan fingerprint density at radius 1 is 1.17 bits per heavy atom. The lowest BCUT2D eigenvalue weighted by molar-refractivity contribution is -0.149. The average molecular weight is 273 g/mol. The Morgan fingerprint density at radius 3 is 2.44 bits per heavy atom. The van der Waals surface area contributed by atoms with Gasteiger partial charge in [0, 0.05) is 13.1 Å². The van der Waals surface area contributed by atoms with Crippen molar-refractivity contribution in [1.82, 2.24) is 4.90 Å². The van der Waals surface area contributed by atoms with E-state index in [0.29, 0.717) is 5.75 Å². The molecule has 1 heterocycles. The highest BCUT2D eigenvalue weighted by Gasteiger charge is 2.16. The Morgan fingerprint density at radius 2 is 1.83 bits per heavy atom. The number of ether oxygens (including phenoxy) is 1. The van der Waals surface area contributed by atoms with E-state index in [1.54, 1.807) is 11.8 Å². The first-order valence-electron chi connectivity index (χ1n) is 6.75. The number of carbonyl (C=O) groups is 2. The van der Waals surface area contributed by atoms with Crippen molar-refractivity contribution in [3.63, 3.8) is 0 Å². The normalized spacial score (nSPS) is 16.2. The maximum Gasteiger partial charge on any atom is 0.316 e. The van der Waals surface area contributed by atoms with Gasteiger partial charge in [-0.1, -0.05) is 19.8 Å². The van der Waals surface area contributed by atoms with E-state index < -0.39 is 0 Å². The fraction of sp³-hybridized carbons (Fsp3) is 0.846. The van der Waals surface area contributed by atoms with Crippen LogP contribution in [-0.2, 0) is 14.3 Å². The van der Waals surface area contributed by atoms with E-state index in [-0.39, 0.29) is 18.5 Å². The SMILES string of the molecule is CCCSCC(=O)OCC(=O)N1CCCCCC1. The fourth-order valence-corrected chi connectivity index (χ4v) is 2.58. The molecule has 0 saturated carbocycles. The zero-order valence-electron chi connectivity index (χ0n) is 11.2. The van der Waals surface area contributed by atoms with E-state index >= 15 is 0 Å². The van der Waals surface area contributed by atoms with Crippen LogP contribution in [0.4, 0.5) is 0 Å². The number of carbonyl (C=O) groups excluding carboxylic acids is 2. The second-order valence-corrected chi connectivity index (χ2v) is 5.61. The molecule has 0 aromatic carbocycles. The highest BCUT2D eigenvalue weighted by molar-refractivity contribution is 7.99. The largest absolute Gasteiger partial charge is 0.455 e. The highest BCUT2D eigenvalue weighted by atomic mass is 32.2. The standard InChI is InChI=1S/C13H23NO3S/c1-2-9-18-11-13(16)17-10-12(15)14-7-5-3-4-6-8-14/h2-11H2,1H3. The highest BCUT2D eigenvalue weighted by Crippen LogP contribution is 2.10. The Kier molecular flexibility index (Phi) is 7.89. The number of hydrogen-bond acceptors (Lipinski definition) is 4. The summed E-state index contributed by atoms with van der Waals surface area (Å²) in [5, 5.41) is 0. The number of amides is 1. The number of rotatable bonds is 6. The molecule has 1 saturated heterocycles. The molecule has 1 fully saturated rings. The smallest absolute Gasteiger partial charge is 0.316 e. The lowest BCUT2D eigenvalue weighted by atomic mass is 10.2. The molecule has 104 valence electrons. The molecule has 4 nitrogen and oxygen atoms in total. The molecule has 0 spiro atoms. The molecule has 0 aliphatic carbocycles. The summed E-state index contributed by atoms with van der Waals surface area (Å²) < 4.78 is 4.99. The van der Waals surface area contributed by atoms with Gasteiger partial charge < -0.3 is 9.64 Å². The molecule has 0 unspecified atom stereocenters. The summed E-state index contributed by atoms with van der Waals surface area (Å²) in [6, 6.07) is 0. The van der Waals surface area contributed by atoms with Gasteiger partial charge in [0.15, 0.2) is 6.61 Å². The zero-order chi connectivity index (χ0) is 13.2. The van der Waals surface area contributed by atoms with Gasteiger partial charge in [-0.3, -0.25) is 9.59 Å². The van der Waals surface area contributed by atoms with Gasteiger partial charge in [0.25, 0.3) is 5.91 Å². The lowest BCUT2D eigenvalue weighted by Crippen LogP contribution is -2.35. The third-order valence-corrected chi connectivity index (χ3v) is 4.02. The summed E-state index contributed by atoms with van der Waals surface area (Å²) in [7, 11) is 0. The predicted octanol–water partition coefficient (Wildman–Crippen LogP) is 2.08. The first kappa shape index (κ1) is 15.3.